The van der Waals surface area contributed by atoms with Gasteiger partial charge in [0.1, 0.15) is 11.6 Å². The molecule has 0 radical (unpaired) electrons. The Labute approximate surface area is 111 Å². The van der Waals surface area contributed by atoms with Gasteiger partial charge in [-0.05, 0) is 30.5 Å². The number of benzene rings is 1. The SMILES string of the molecule is CC(C)(C)C(=O)CCCc1ccc(Br)cc1F. The number of carbonyl (C=O) groups excluding carboxylic acids is 1. The number of ketones is 1. The van der Waals surface area contributed by atoms with Crippen LogP contribution in [0.15, 0.2) is 22.7 Å². The molecule has 0 N–H and O–H groups in total. The molecule has 1 rings (SSSR count). The van der Waals surface area contributed by atoms with Gasteiger partial charge in [0.05, 0.1) is 0 Å². The number of carbonyl (C=O) groups is 1. The molecule has 1 nitrogen and oxygen atoms in total. The summed E-state index contributed by atoms with van der Waals surface area (Å²) in [5, 5.41) is 0. The highest BCUT2D eigenvalue weighted by molar-refractivity contribution is 9.10. The maximum absolute atomic E-state index is 13.5. The summed E-state index contributed by atoms with van der Waals surface area (Å²) in [6.07, 6.45) is 1.83. The third-order valence-electron chi connectivity index (χ3n) is 2.70. The van der Waals surface area contributed by atoms with Crippen LogP contribution in [0.5, 0.6) is 0 Å². The molecule has 0 bridgehead atoms. The number of rotatable bonds is 4. The maximum Gasteiger partial charge on any atom is 0.138 e. The van der Waals surface area contributed by atoms with Crippen LogP contribution in [0.4, 0.5) is 4.39 Å². The summed E-state index contributed by atoms with van der Waals surface area (Å²) in [7, 11) is 0. The molecule has 0 saturated heterocycles. The van der Waals surface area contributed by atoms with Crippen molar-refractivity contribution in [3.05, 3.63) is 34.1 Å². The van der Waals surface area contributed by atoms with Crippen molar-refractivity contribution in [3.8, 4) is 0 Å². The highest BCUT2D eigenvalue weighted by atomic mass is 79.9. The largest absolute Gasteiger partial charge is 0.299 e. The summed E-state index contributed by atoms with van der Waals surface area (Å²) in [4.78, 5) is 11.7. The molecule has 1 aromatic carbocycles. The molecule has 0 saturated carbocycles. The molecule has 0 aromatic heterocycles. The lowest BCUT2D eigenvalue weighted by Crippen LogP contribution is -2.19. The van der Waals surface area contributed by atoms with Gasteiger partial charge in [0, 0.05) is 16.3 Å². The number of hydrogen-bond donors (Lipinski definition) is 0. The fourth-order valence-corrected chi connectivity index (χ4v) is 1.87. The highest BCUT2D eigenvalue weighted by Crippen LogP contribution is 2.20. The van der Waals surface area contributed by atoms with E-state index in [0.29, 0.717) is 24.8 Å². The minimum absolute atomic E-state index is 0.206. The summed E-state index contributed by atoms with van der Waals surface area (Å²) in [6.45, 7) is 5.74. The fraction of sp³-hybridized carbons (Fsp3) is 0.500. The van der Waals surface area contributed by atoms with Crippen molar-refractivity contribution in [2.45, 2.75) is 40.0 Å². The van der Waals surface area contributed by atoms with E-state index in [1.165, 1.54) is 6.07 Å². The van der Waals surface area contributed by atoms with Crippen LogP contribution in [-0.4, -0.2) is 5.78 Å². The van der Waals surface area contributed by atoms with E-state index < -0.39 is 0 Å². The van der Waals surface area contributed by atoms with Gasteiger partial charge in [-0.1, -0.05) is 42.8 Å². The van der Waals surface area contributed by atoms with Crippen molar-refractivity contribution < 1.29 is 9.18 Å². The smallest absolute Gasteiger partial charge is 0.138 e. The van der Waals surface area contributed by atoms with Gasteiger partial charge in [0.2, 0.25) is 0 Å². The molecule has 0 spiro atoms. The Morgan fingerprint density at radius 3 is 2.53 bits per heavy atom. The number of hydrogen-bond acceptors (Lipinski definition) is 1. The average molecular weight is 301 g/mol. The summed E-state index contributed by atoms with van der Waals surface area (Å²) < 4.78 is 14.2. The monoisotopic (exact) mass is 300 g/mol. The van der Waals surface area contributed by atoms with Crippen LogP contribution in [0.1, 0.15) is 39.2 Å². The van der Waals surface area contributed by atoms with Crippen molar-refractivity contribution in [1.29, 1.82) is 0 Å². The van der Waals surface area contributed by atoms with E-state index in [9.17, 15) is 9.18 Å². The summed E-state index contributed by atoms with van der Waals surface area (Å²) >= 11 is 3.22. The van der Waals surface area contributed by atoms with Gasteiger partial charge in [-0.2, -0.15) is 0 Å². The fourth-order valence-electron chi connectivity index (χ4n) is 1.54. The molecule has 0 heterocycles. The van der Waals surface area contributed by atoms with E-state index in [1.54, 1.807) is 6.07 Å². The van der Waals surface area contributed by atoms with Crippen LogP contribution in [0.3, 0.4) is 0 Å². The first-order valence-electron chi connectivity index (χ1n) is 5.78. The molecule has 3 heteroatoms. The molecule has 0 amide bonds. The van der Waals surface area contributed by atoms with Crippen molar-refractivity contribution in [2.75, 3.05) is 0 Å². The summed E-state index contributed by atoms with van der Waals surface area (Å²) in [6, 6.07) is 5.05. The molecule has 0 fully saturated rings. The van der Waals surface area contributed by atoms with Crippen LogP contribution in [0, 0.1) is 11.2 Å². The van der Waals surface area contributed by atoms with Crippen LogP contribution < -0.4 is 0 Å². The first-order chi connectivity index (χ1) is 7.80. The lowest BCUT2D eigenvalue weighted by molar-refractivity contribution is -0.126. The van der Waals surface area contributed by atoms with E-state index in [-0.39, 0.29) is 17.0 Å². The Morgan fingerprint density at radius 2 is 2.00 bits per heavy atom. The standard InChI is InChI=1S/C14H18BrFO/c1-14(2,3)13(17)6-4-5-10-7-8-11(15)9-12(10)16/h7-9H,4-6H2,1-3H3. The molecule has 0 aliphatic heterocycles. The second-order valence-corrected chi connectivity index (χ2v) is 6.18. The van der Waals surface area contributed by atoms with Crippen LogP contribution >= 0.6 is 15.9 Å². The minimum atomic E-state index is -0.293. The molecular weight excluding hydrogens is 283 g/mol. The molecule has 0 aliphatic carbocycles. The highest BCUT2D eigenvalue weighted by Gasteiger charge is 2.20. The van der Waals surface area contributed by atoms with Gasteiger partial charge in [-0.3, -0.25) is 4.79 Å². The summed E-state index contributed by atoms with van der Waals surface area (Å²) in [5.74, 6) is 0.0256. The Hall–Kier alpha value is -0.700. The van der Waals surface area contributed by atoms with Crippen molar-refractivity contribution in [1.82, 2.24) is 0 Å². The minimum Gasteiger partial charge on any atom is -0.299 e. The van der Waals surface area contributed by atoms with E-state index in [1.807, 2.05) is 26.8 Å². The predicted octanol–water partition coefficient (Wildman–Crippen LogP) is 4.53. The zero-order valence-electron chi connectivity index (χ0n) is 10.5. The molecule has 1 aromatic rings. The molecule has 0 atom stereocenters. The van der Waals surface area contributed by atoms with Gasteiger partial charge < -0.3 is 0 Å². The van der Waals surface area contributed by atoms with Gasteiger partial charge >= 0.3 is 0 Å². The zero-order valence-corrected chi connectivity index (χ0v) is 12.1. The van der Waals surface area contributed by atoms with E-state index >= 15 is 0 Å². The number of halogens is 2. The van der Waals surface area contributed by atoms with E-state index in [2.05, 4.69) is 15.9 Å². The lowest BCUT2D eigenvalue weighted by Gasteiger charge is -2.16. The second-order valence-electron chi connectivity index (χ2n) is 5.26. The molecular formula is C14H18BrFO. The molecule has 0 unspecified atom stereocenters. The van der Waals surface area contributed by atoms with Crippen molar-refractivity contribution in [3.63, 3.8) is 0 Å². The van der Waals surface area contributed by atoms with Crippen molar-refractivity contribution in [2.24, 2.45) is 5.41 Å². The van der Waals surface area contributed by atoms with Crippen LogP contribution in [0.2, 0.25) is 0 Å². The zero-order chi connectivity index (χ0) is 13.1. The predicted molar refractivity (Wildman–Crippen MR) is 71.5 cm³/mol. The molecule has 94 valence electrons. The number of Topliss-reactive ketones (excluding diaryl/α,β-unsaturated/α-hetero) is 1. The number of aryl methyl sites for hydroxylation is 1. The second kappa shape index (κ2) is 5.76. The van der Waals surface area contributed by atoms with E-state index in [4.69, 9.17) is 0 Å². The van der Waals surface area contributed by atoms with Gasteiger partial charge in [0.25, 0.3) is 0 Å². The average Bonchev–Trinajstić information content (AvgIpc) is 2.19. The molecule has 17 heavy (non-hydrogen) atoms. The Kier molecular flexibility index (Phi) is 4.87. The van der Waals surface area contributed by atoms with E-state index in [0.717, 1.165) is 4.47 Å². The summed E-state index contributed by atoms with van der Waals surface area (Å²) in [5.41, 5.74) is 0.382. The van der Waals surface area contributed by atoms with Gasteiger partial charge in [0.15, 0.2) is 0 Å². The Balaban J connectivity index is 2.49. The normalized spacial score (nSPS) is 11.6. The molecule has 0 aliphatic rings. The maximum atomic E-state index is 13.5. The quantitative estimate of drug-likeness (QED) is 0.798. The Morgan fingerprint density at radius 1 is 1.35 bits per heavy atom. The lowest BCUT2D eigenvalue weighted by atomic mass is 9.87. The van der Waals surface area contributed by atoms with Crippen molar-refractivity contribution >= 4 is 21.7 Å². The first-order valence-corrected chi connectivity index (χ1v) is 6.57. The van der Waals surface area contributed by atoms with Crippen LogP contribution in [-0.2, 0) is 11.2 Å². The third kappa shape index (κ3) is 4.58. The van der Waals surface area contributed by atoms with Crippen LogP contribution in [0.25, 0.3) is 0 Å². The first kappa shape index (κ1) is 14.4. The Bertz CT molecular complexity index is 407. The topological polar surface area (TPSA) is 17.1 Å². The van der Waals surface area contributed by atoms with Gasteiger partial charge in [-0.25, -0.2) is 4.39 Å². The van der Waals surface area contributed by atoms with Gasteiger partial charge in [-0.15, -0.1) is 0 Å². The third-order valence-corrected chi connectivity index (χ3v) is 3.19.